The lowest BCUT2D eigenvalue weighted by Gasteiger charge is -2.11. The van der Waals surface area contributed by atoms with Crippen LogP contribution in [0.25, 0.3) is 0 Å². The number of hydrogen-bond acceptors (Lipinski definition) is 2. The molecule has 1 aliphatic heterocycles. The molecule has 3 nitrogen and oxygen atoms in total. The Balaban J connectivity index is 2.36. The lowest BCUT2D eigenvalue weighted by Crippen LogP contribution is -2.13. The van der Waals surface area contributed by atoms with Gasteiger partial charge in [-0.05, 0) is 12.1 Å². The highest BCUT2D eigenvalue weighted by Gasteiger charge is 2.26. The summed E-state index contributed by atoms with van der Waals surface area (Å²) < 4.78 is 0.860. The van der Waals surface area contributed by atoms with Crippen molar-refractivity contribution < 1.29 is 9.90 Å². The molecule has 1 atom stereocenters. The topological polar surface area (TPSA) is 49.3 Å². The monoisotopic (exact) mass is 255 g/mol. The minimum Gasteiger partial charge on any atom is -0.508 e. The zero-order chi connectivity index (χ0) is 10.1. The smallest absolute Gasteiger partial charge is 0.220 e. The Hall–Kier alpha value is -1.03. The third kappa shape index (κ3) is 1.62. The number of carbonyl (C=O) groups is 1. The summed E-state index contributed by atoms with van der Waals surface area (Å²) in [7, 11) is 0. The van der Waals surface area contributed by atoms with Crippen LogP contribution in [-0.2, 0) is 4.79 Å². The van der Waals surface area contributed by atoms with Crippen LogP contribution in [0.3, 0.4) is 0 Å². The molecule has 1 heterocycles. The van der Waals surface area contributed by atoms with E-state index in [-0.39, 0.29) is 17.6 Å². The van der Waals surface area contributed by atoms with E-state index in [2.05, 4.69) is 21.2 Å². The van der Waals surface area contributed by atoms with Crippen molar-refractivity contribution in [3.63, 3.8) is 0 Å². The van der Waals surface area contributed by atoms with Crippen LogP contribution in [-0.4, -0.2) is 17.6 Å². The van der Waals surface area contributed by atoms with Gasteiger partial charge in [-0.3, -0.25) is 4.79 Å². The summed E-state index contributed by atoms with van der Waals surface area (Å²) >= 11 is 3.38. The molecule has 0 spiro atoms. The molecule has 1 saturated heterocycles. The highest BCUT2D eigenvalue weighted by molar-refractivity contribution is 9.10. The third-order valence-corrected chi connectivity index (χ3v) is 3.11. The quantitative estimate of drug-likeness (QED) is 0.804. The maximum absolute atomic E-state index is 11.0. The van der Waals surface area contributed by atoms with E-state index in [0.717, 1.165) is 10.0 Å². The van der Waals surface area contributed by atoms with Crippen LogP contribution in [0.5, 0.6) is 5.75 Å². The van der Waals surface area contributed by atoms with Crippen molar-refractivity contribution in [2.24, 2.45) is 0 Å². The fourth-order valence-electron chi connectivity index (χ4n) is 1.74. The van der Waals surface area contributed by atoms with Crippen LogP contribution in [0.2, 0.25) is 0 Å². The lowest BCUT2D eigenvalue weighted by atomic mass is 9.97. The van der Waals surface area contributed by atoms with E-state index in [1.54, 1.807) is 12.1 Å². The molecule has 1 fully saturated rings. The molecule has 1 amide bonds. The first-order valence-corrected chi connectivity index (χ1v) is 5.22. The van der Waals surface area contributed by atoms with Crippen molar-refractivity contribution in [2.75, 3.05) is 6.54 Å². The number of aromatic hydroxyl groups is 1. The summed E-state index contributed by atoms with van der Waals surface area (Å²) in [6.07, 6.45) is 0.455. The van der Waals surface area contributed by atoms with Crippen molar-refractivity contribution >= 4 is 21.8 Å². The van der Waals surface area contributed by atoms with Crippen LogP contribution in [0.1, 0.15) is 17.9 Å². The summed E-state index contributed by atoms with van der Waals surface area (Å²) in [6.45, 7) is 0.606. The van der Waals surface area contributed by atoms with Crippen LogP contribution in [0, 0.1) is 0 Å². The molecule has 0 aromatic heterocycles. The van der Waals surface area contributed by atoms with E-state index in [1.165, 1.54) is 0 Å². The summed E-state index contributed by atoms with van der Waals surface area (Å²) in [4.78, 5) is 11.0. The van der Waals surface area contributed by atoms with Gasteiger partial charge in [-0.25, -0.2) is 0 Å². The number of halogens is 1. The van der Waals surface area contributed by atoms with Gasteiger partial charge < -0.3 is 10.4 Å². The standard InChI is InChI=1S/C10H10BrNO2/c11-7-2-1-3-8(13)10(7)6-4-9(14)12-5-6/h1-3,6,13H,4-5H2,(H,12,14). The Bertz CT molecular complexity index is 358. The van der Waals surface area contributed by atoms with Crippen molar-refractivity contribution in [2.45, 2.75) is 12.3 Å². The predicted molar refractivity (Wildman–Crippen MR) is 56.2 cm³/mol. The number of phenolic OH excluding ortho intramolecular Hbond substituents is 1. The SMILES string of the molecule is O=C1CC(c2c(O)cccc2Br)CN1. The van der Waals surface area contributed by atoms with Gasteiger partial charge in [-0.2, -0.15) is 0 Å². The summed E-state index contributed by atoms with van der Waals surface area (Å²) in [5, 5.41) is 12.4. The van der Waals surface area contributed by atoms with Crippen LogP contribution >= 0.6 is 15.9 Å². The van der Waals surface area contributed by atoms with Gasteiger partial charge in [-0.1, -0.05) is 22.0 Å². The van der Waals surface area contributed by atoms with E-state index in [0.29, 0.717) is 13.0 Å². The summed E-state index contributed by atoms with van der Waals surface area (Å²) in [5.74, 6) is 0.379. The number of carbonyl (C=O) groups excluding carboxylic acids is 1. The first kappa shape index (κ1) is 9.52. The van der Waals surface area contributed by atoms with Gasteiger partial charge in [0.25, 0.3) is 0 Å². The molecule has 1 aliphatic rings. The van der Waals surface area contributed by atoms with E-state index >= 15 is 0 Å². The maximum Gasteiger partial charge on any atom is 0.220 e. The number of phenols is 1. The Morgan fingerprint density at radius 3 is 2.86 bits per heavy atom. The Morgan fingerprint density at radius 2 is 2.29 bits per heavy atom. The van der Waals surface area contributed by atoms with Gasteiger partial charge in [0.05, 0.1) is 0 Å². The Labute approximate surface area is 90.3 Å². The molecule has 0 bridgehead atoms. The molecular formula is C10H10BrNO2. The molecule has 0 radical (unpaired) electrons. The van der Waals surface area contributed by atoms with Crippen LogP contribution < -0.4 is 5.32 Å². The van der Waals surface area contributed by atoms with Crippen LogP contribution in [0.15, 0.2) is 22.7 Å². The highest BCUT2D eigenvalue weighted by atomic mass is 79.9. The van der Waals surface area contributed by atoms with Gasteiger partial charge in [0.15, 0.2) is 0 Å². The van der Waals surface area contributed by atoms with Gasteiger partial charge >= 0.3 is 0 Å². The fraction of sp³-hybridized carbons (Fsp3) is 0.300. The molecule has 1 aromatic carbocycles. The van der Waals surface area contributed by atoms with Crippen molar-refractivity contribution in [1.82, 2.24) is 5.32 Å². The first-order valence-electron chi connectivity index (χ1n) is 4.42. The molecule has 0 aliphatic carbocycles. The van der Waals surface area contributed by atoms with E-state index in [9.17, 15) is 9.90 Å². The number of hydrogen-bond donors (Lipinski definition) is 2. The zero-order valence-electron chi connectivity index (χ0n) is 7.46. The molecule has 1 unspecified atom stereocenters. The zero-order valence-corrected chi connectivity index (χ0v) is 9.04. The maximum atomic E-state index is 11.0. The van der Waals surface area contributed by atoms with Gasteiger partial charge in [0.2, 0.25) is 5.91 Å². The second-order valence-corrected chi connectivity index (χ2v) is 4.23. The van der Waals surface area contributed by atoms with Crippen molar-refractivity contribution in [3.05, 3.63) is 28.2 Å². The van der Waals surface area contributed by atoms with Gasteiger partial charge in [0, 0.05) is 28.9 Å². The predicted octanol–water partition coefficient (Wildman–Crippen LogP) is 1.76. The Morgan fingerprint density at radius 1 is 1.50 bits per heavy atom. The molecule has 74 valence electrons. The molecule has 2 rings (SSSR count). The fourth-order valence-corrected chi connectivity index (χ4v) is 2.42. The average Bonchev–Trinajstić information content (AvgIpc) is 2.51. The van der Waals surface area contributed by atoms with Gasteiger partial charge in [-0.15, -0.1) is 0 Å². The summed E-state index contributed by atoms with van der Waals surface area (Å²) in [5.41, 5.74) is 0.825. The normalized spacial score (nSPS) is 20.9. The number of benzene rings is 1. The molecule has 14 heavy (non-hydrogen) atoms. The molecule has 0 saturated carbocycles. The van der Waals surface area contributed by atoms with Crippen molar-refractivity contribution in [1.29, 1.82) is 0 Å². The molecule has 1 aromatic rings. The number of amides is 1. The molecule has 4 heteroatoms. The van der Waals surface area contributed by atoms with E-state index in [1.807, 2.05) is 6.07 Å². The Kier molecular flexibility index (Phi) is 2.46. The summed E-state index contributed by atoms with van der Waals surface area (Å²) in [6, 6.07) is 5.29. The van der Waals surface area contributed by atoms with E-state index in [4.69, 9.17) is 0 Å². The number of nitrogens with one attached hydrogen (secondary N) is 1. The molecular weight excluding hydrogens is 246 g/mol. The first-order chi connectivity index (χ1) is 6.68. The highest BCUT2D eigenvalue weighted by Crippen LogP contribution is 2.35. The third-order valence-electron chi connectivity index (χ3n) is 2.42. The number of rotatable bonds is 1. The average molecular weight is 256 g/mol. The minimum absolute atomic E-state index is 0.0464. The van der Waals surface area contributed by atoms with E-state index < -0.39 is 0 Å². The largest absolute Gasteiger partial charge is 0.508 e. The second-order valence-electron chi connectivity index (χ2n) is 3.38. The van der Waals surface area contributed by atoms with Crippen molar-refractivity contribution in [3.8, 4) is 5.75 Å². The molecule has 2 N–H and O–H groups in total. The lowest BCUT2D eigenvalue weighted by molar-refractivity contribution is -0.119. The van der Waals surface area contributed by atoms with Gasteiger partial charge in [0.1, 0.15) is 5.75 Å². The minimum atomic E-state index is 0.0464. The van der Waals surface area contributed by atoms with Crippen LogP contribution in [0.4, 0.5) is 0 Å². The second kappa shape index (κ2) is 3.61.